The van der Waals surface area contributed by atoms with E-state index < -0.39 is 11.5 Å². The molecule has 0 aliphatic carbocycles. The van der Waals surface area contributed by atoms with E-state index in [2.05, 4.69) is 16.1 Å². The maximum Gasteiger partial charge on any atom is 0.410 e. The lowest BCUT2D eigenvalue weighted by Crippen LogP contribution is -2.43. The quantitative estimate of drug-likeness (QED) is 0.430. The Morgan fingerprint density at radius 1 is 0.947 bits per heavy atom. The van der Waals surface area contributed by atoms with Gasteiger partial charge in [-0.15, -0.1) is 0 Å². The minimum absolute atomic E-state index is 0.222. The summed E-state index contributed by atoms with van der Waals surface area (Å²) in [6.45, 7) is 7.76. The van der Waals surface area contributed by atoms with E-state index in [1.807, 2.05) is 75.4 Å². The Labute approximate surface area is 223 Å². The van der Waals surface area contributed by atoms with Gasteiger partial charge in [-0.2, -0.15) is 0 Å². The average molecular weight is 517 g/mol. The normalized spacial score (nSPS) is 17.9. The number of para-hydroxylation sites is 1. The predicted octanol–water partition coefficient (Wildman–Crippen LogP) is 6.05. The fourth-order valence-electron chi connectivity index (χ4n) is 5.50. The summed E-state index contributed by atoms with van der Waals surface area (Å²) in [7, 11) is 0. The van der Waals surface area contributed by atoms with Crippen LogP contribution in [0, 0.1) is 5.92 Å². The molecule has 2 aliphatic rings. The molecule has 1 aromatic heterocycles. The van der Waals surface area contributed by atoms with Crippen LogP contribution >= 0.6 is 0 Å². The molecule has 1 atom stereocenters. The van der Waals surface area contributed by atoms with E-state index in [0.29, 0.717) is 24.6 Å². The van der Waals surface area contributed by atoms with Gasteiger partial charge in [0.1, 0.15) is 22.9 Å². The van der Waals surface area contributed by atoms with Crippen LogP contribution < -0.4 is 15.8 Å². The van der Waals surface area contributed by atoms with Crippen molar-refractivity contribution in [2.45, 2.75) is 51.7 Å². The Hall–Kier alpha value is -3.94. The number of ether oxygens (including phenoxy) is 2. The Morgan fingerprint density at radius 3 is 2.24 bits per heavy atom. The lowest BCUT2D eigenvalue weighted by Gasteiger charge is -2.39. The molecule has 8 nitrogen and oxygen atoms in total. The molecular weight excluding hydrogens is 480 g/mol. The van der Waals surface area contributed by atoms with E-state index in [9.17, 15) is 9.59 Å². The number of aromatic nitrogens is 1. The van der Waals surface area contributed by atoms with Crippen LogP contribution in [-0.4, -0.2) is 46.7 Å². The molecule has 3 heterocycles. The van der Waals surface area contributed by atoms with Gasteiger partial charge in [0.25, 0.3) is 5.91 Å². The molecule has 2 aliphatic heterocycles. The summed E-state index contributed by atoms with van der Waals surface area (Å²) in [5.74, 6) is 2.20. The molecule has 0 radical (unpaired) electrons. The summed E-state index contributed by atoms with van der Waals surface area (Å²) < 4.78 is 13.7. The van der Waals surface area contributed by atoms with Crippen LogP contribution in [-0.2, 0) is 4.74 Å². The van der Waals surface area contributed by atoms with Crippen molar-refractivity contribution in [3.05, 3.63) is 66.4 Å². The molecule has 0 bridgehead atoms. The first-order valence-electron chi connectivity index (χ1n) is 13.3. The first kappa shape index (κ1) is 25.7. The minimum Gasteiger partial charge on any atom is -0.457 e. The van der Waals surface area contributed by atoms with Gasteiger partial charge in [0.15, 0.2) is 0 Å². The van der Waals surface area contributed by atoms with Gasteiger partial charge in [0, 0.05) is 37.4 Å². The number of likely N-dealkylation sites (tertiary alicyclic amines) is 1. The number of hydrogen-bond donors (Lipinski definition) is 2. The summed E-state index contributed by atoms with van der Waals surface area (Å²) >= 11 is 0. The Bertz CT molecular complexity index is 1290. The first-order chi connectivity index (χ1) is 18.2. The molecule has 38 heavy (non-hydrogen) atoms. The third-order valence-electron chi connectivity index (χ3n) is 7.25. The molecule has 2 amide bonds. The monoisotopic (exact) mass is 516 g/mol. The van der Waals surface area contributed by atoms with Gasteiger partial charge >= 0.3 is 6.09 Å². The maximum absolute atomic E-state index is 12.6. The topological polar surface area (TPSA) is 98.8 Å². The predicted molar refractivity (Wildman–Crippen MR) is 148 cm³/mol. The van der Waals surface area contributed by atoms with Gasteiger partial charge in [0.2, 0.25) is 0 Å². The molecule has 200 valence electrons. The van der Waals surface area contributed by atoms with E-state index in [4.69, 9.17) is 15.2 Å². The zero-order valence-electron chi connectivity index (χ0n) is 22.3. The number of benzene rings is 2. The van der Waals surface area contributed by atoms with Crippen LogP contribution in [0.4, 0.5) is 10.6 Å². The minimum atomic E-state index is -0.504. The number of nitrogens with two attached hydrogens (primary N) is 1. The number of carbonyl (C=O) groups is 2. The van der Waals surface area contributed by atoms with E-state index >= 15 is 0 Å². The van der Waals surface area contributed by atoms with E-state index in [1.54, 1.807) is 4.90 Å². The highest BCUT2D eigenvalue weighted by Gasteiger charge is 2.35. The fourth-order valence-corrected chi connectivity index (χ4v) is 5.50. The van der Waals surface area contributed by atoms with Gasteiger partial charge < -0.3 is 30.0 Å². The highest BCUT2D eigenvalue weighted by atomic mass is 16.6. The van der Waals surface area contributed by atoms with Crippen molar-refractivity contribution in [2.24, 2.45) is 11.7 Å². The van der Waals surface area contributed by atoms with E-state index in [1.165, 1.54) is 0 Å². The highest BCUT2D eigenvalue weighted by Crippen LogP contribution is 2.42. The number of primary amides is 1. The molecule has 0 saturated carbocycles. The van der Waals surface area contributed by atoms with E-state index in [-0.39, 0.29) is 12.1 Å². The van der Waals surface area contributed by atoms with Gasteiger partial charge in [-0.3, -0.25) is 4.79 Å². The summed E-state index contributed by atoms with van der Waals surface area (Å²) in [5, 5.41) is 3.42. The number of piperidine rings is 1. The summed E-state index contributed by atoms with van der Waals surface area (Å²) in [4.78, 5) is 27.0. The first-order valence-corrected chi connectivity index (χ1v) is 13.3. The van der Waals surface area contributed by atoms with Gasteiger partial charge in [-0.25, -0.2) is 4.79 Å². The van der Waals surface area contributed by atoms with Crippen LogP contribution in [0.1, 0.15) is 56.4 Å². The molecule has 1 fully saturated rings. The lowest BCUT2D eigenvalue weighted by atomic mass is 9.86. The Kier molecular flexibility index (Phi) is 7.06. The summed E-state index contributed by atoms with van der Waals surface area (Å²) in [5.41, 5.74) is 7.63. The zero-order valence-corrected chi connectivity index (χ0v) is 22.3. The Morgan fingerprint density at radius 2 is 1.61 bits per heavy atom. The van der Waals surface area contributed by atoms with Crippen molar-refractivity contribution in [3.63, 3.8) is 0 Å². The smallest absolute Gasteiger partial charge is 0.410 e. The van der Waals surface area contributed by atoms with Crippen molar-refractivity contribution in [1.29, 1.82) is 0 Å². The van der Waals surface area contributed by atoms with Gasteiger partial charge in [0.05, 0.1) is 5.56 Å². The second-order valence-corrected chi connectivity index (χ2v) is 11.1. The van der Waals surface area contributed by atoms with Crippen LogP contribution in [0.2, 0.25) is 0 Å². The molecule has 0 spiro atoms. The average Bonchev–Trinajstić information content (AvgIpc) is 3.29. The third kappa shape index (κ3) is 5.49. The highest BCUT2D eigenvalue weighted by molar-refractivity contribution is 6.05. The van der Waals surface area contributed by atoms with Crippen LogP contribution in [0.5, 0.6) is 11.5 Å². The number of amides is 2. The molecule has 3 N–H and O–H groups in total. The zero-order chi connectivity index (χ0) is 26.9. The van der Waals surface area contributed by atoms with Gasteiger partial charge in [-0.1, -0.05) is 30.3 Å². The van der Waals surface area contributed by atoms with Crippen LogP contribution in [0.25, 0.3) is 11.1 Å². The summed E-state index contributed by atoms with van der Waals surface area (Å²) in [6.07, 6.45) is 4.52. The molecular formula is C30H36N4O4. The number of carbonyl (C=O) groups excluding carboxylic acids is 2. The Balaban J connectivity index is 1.36. The van der Waals surface area contributed by atoms with Crippen molar-refractivity contribution in [2.75, 3.05) is 25.0 Å². The SMILES string of the molecule is CC(C)(C)OC(=O)N1CCC(C2CCNc3c(C(N)=O)c(-c4ccc(Oc5ccccc5)cc4)cn32)CC1. The number of nitrogens with zero attached hydrogens (tertiary/aromatic N) is 2. The van der Waals surface area contributed by atoms with Gasteiger partial charge in [-0.05, 0) is 75.8 Å². The van der Waals surface area contributed by atoms with Crippen molar-refractivity contribution >= 4 is 17.8 Å². The number of rotatable bonds is 5. The second-order valence-electron chi connectivity index (χ2n) is 11.1. The standard InChI is InChI=1S/C30H36N4O4/c1-30(2,3)38-29(36)33-17-14-21(15-18-33)25-13-16-32-28-26(27(31)35)24(19-34(25)28)20-9-11-23(12-10-20)37-22-7-5-4-6-8-22/h4-12,19,21,25,32H,13-18H2,1-3H3,(H2,31,35). The molecule has 1 saturated heterocycles. The van der Waals surface area contributed by atoms with Crippen molar-refractivity contribution in [3.8, 4) is 22.6 Å². The third-order valence-corrected chi connectivity index (χ3v) is 7.25. The number of nitrogens with one attached hydrogen (secondary N) is 1. The van der Waals surface area contributed by atoms with Crippen LogP contribution in [0.3, 0.4) is 0 Å². The largest absolute Gasteiger partial charge is 0.457 e. The van der Waals surface area contributed by atoms with Crippen LogP contribution in [0.15, 0.2) is 60.8 Å². The number of hydrogen-bond acceptors (Lipinski definition) is 5. The number of fused-ring (bicyclic) bond motifs is 1. The fraction of sp³-hybridized carbons (Fsp3) is 0.400. The maximum atomic E-state index is 12.6. The molecule has 1 unspecified atom stereocenters. The summed E-state index contributed by atoms with van der Waals surface area (Å²) in [6, 6.07) is 17.6. The van der Waals surface area contributed by atoms with Crippen molar-refractivity contribution in [1.82, 2.24) is 9.47 Å². The molecule has 5 rings (SSSR count). The molecule has 3 aromatic rings. The van der Waals surface area contributed by atoms with E-state index in [0.717, 1.165) is 54.3 Å². The lowest BCUT2D eigenvalue weighted by molar-refractivity contribution is 0.0160. The van der Waals surface area contributed by atoms with Crippen molar-refractivity contribution < 1.29 is 19.1 Å². The molecule has 2 aromatic carbocycles. The second kappa shape index (κ2) is 10.4. The molecule has 8 heteroatoms. The number of anilines is 1.